The van der Waals surface area contributed by atoms with Gasteiger partial charge in [-0.3, -0.25) is 0 Å². The van der Waals surface area contributed by atoms with Crippen LogP contribution in [-0.4, -0.2) is 23.1 Å². The second-order valence-electron chi connectivity index (χ2n) is 4.03. The third-order valence-corrected chi connectivity index (χ3v) is 4.20. The fourth-order valence-corrected chi connectivity index (χ4v) is 3.16. The maximum Gasteiger partial charge on any atom is 0.337 e. The molecule has 0 amide bonds. The lowest BCUT2D eigenvalue weighted by molar-refractivity contribution is 0.0696. The van der Waals surface area contributed by atoms with E-state index in [0.29, 0.717) is 18.1 Å². The standard InChI is InChI=1S/C12H12BrN3O2S/c1-16(5-9-3-8(13)6-19-9)11-10(14)2-7(4-15-11)12(17)18/h2-4,6H,5,14H2,1H3,(H,17,18). The van der Waals surface area contributed by atoms with Gasteiger partial charge in [0, 0.05) is 28.0 Å². The molecule has 0 aliphatic heterocycles. The molecule has 0 fully saturated rings. The number of pyridine rings is 1. The van der Waals surface area contributed by atoms with Crippen molar-refractivity contribution < 1.29 is 9.90 Å². The maximum atomic E-state index is 10.8. The van der Waals surface area contributed by atoms with Crippen LogP contribution in [0.3, 0.4) is 0 Å². The summed E-state index contributed by atoms with van der Waals surface area (Å²) in [5.74, 6) is -0.454. The van der Waals surface area contributed by atoms with Gasteiger partial charge in [0.05, 0.1) is 17.8 Å². The summed E-state index contributed by atoms with van der Waals surface area (Å²) in [6, 6.07) is 3.45. The van der Waals surface area contributed by atoms with Crippen LogP contribution in [0, 0.1) is 0 Å². The Hall–Kier alpha value is -1.60. The molecule has 100 valence electrons. The highest BCUT2D eigenvalue weighted by atomic mass is 79.9. The van der Waals surface area contributed by atoms with Crippen molar-refractivity contribution >= 4 is 44.7 Å². The molecule has 0 unspecified atom stereocenters. The molecule has 3 N–H and O–H groups in total. The van der Waals surface area contributed by atoms with Gasteiger partial charge in [-0.25, -0.2) is 9.78 Å². The van der Waals surface area contributed by atoms with Crippen molar-refractivity contribution in [3.63, 3.8) is 0 Å². The number of hydrogen-bond donors (Lipinski definition) is 2. The number of carbonyl (C=O) groups is 1. The van der Waals surface area contributed by atoms with E-state index >= 15 is 0 Å². The Balaban J connectivity index is 2.19. The third-order valence-electron chi connectivity index (χ3n) is 2.52. The number of nitrogen functional groups attached to an aromatic ring is 1. The number of thiophene rings is 1. The fraction of sp³-hybridized carbons (Fsp3) is 0.167. The molecule has 0 aliphatic rings. The summed E-state index contributed by atoms with van der Waals surface area (Å²) < 4.78 is 1.04. The van der Waals surface area contributed by atoms with Crippen LogP contribution < -0.4 is 10.6 Å². The van der Waals surface area contributed by atoms with Gasteiger partial charge in [-0.2, -0.15) is 0 Å². The molecule has 2 heterocycles. The molecule has 0 aliphatic carbocycles. The van der Waals surface area contributed by atoms with E-state index in [2.05, 4.69) is 20.9 Å². The highest BCUT2D eigenvalue weighted by Gasteiger charge is 2.12. The van der Waals surface area contributed by atoms with Crippen molar-refractivity contribution in [3.05, 3.63) is 38.6 Å². The van der Waals surface area contributed by atoms with Gasteiger partial charge in [0.2, 0.25) is 0 Å². The Kier molecular flexibility index (Phi) is 4.06. The summed E-state index contributed by atoms with van der Waals surface area (Å²) >= 11 is 5.04. The molecule has 0 bridgehead atoms. The number of halogens is 1. The normalized spacial score (nSPS) is 10.4. The van der Waals surface area contributed by atoms with E-state index in [4.69, 9.17) is 10.8 Å². The highest BCUT2D eigenvalue weighted by molar-refractivity contribution is 9.10. The number of carboxylic acids is 1. The number of rotatable bonds is 4. The molecule has 2 aromatic heterocycles. The van der Waals surface area contributed by atoms with E-state index in [1.807, 2.05) is 23.4 Å². The summed E-state index contributed by atoms with van der Waals surface area (Å²) in [4.78, 5) is 18.0. The molecule has 0 atom stereocenters. The van der Waals surface area contributed by atoms with E-state index in [1.165, 1.54) is 12.3 Å². The molecule has 0 saturated heterocycles. The van der Waals surface area contributed by atoms with Crippen molar-refractivity contribution in [2.45, 2.75) is 6.54 Å². The Labute approximate surface area is 122 Å². The Morgan fingerprint density at radius 1 is 1.58 bits per heavy atom. The van der Waals surface area contributed by atoms with Gasteiger partial charge in [-0.05, 0) is 28.1 Å². The van der Waals surface area contributed by atoms with Crippen LogP contribution in [0.4, 0.5) is 11.5 Å². The molecule has 5 nitrogen and oxygen atoms in total. The molecular formula is C12H12BrN3O2S. The zero-order chi connectivity index (χ0) is 14.0. The van der Waals surface area contributed by atoms with Crippen molar-refractivity contribution in [2.24, 2.45) is 0 Å². The van der Waals surface area contributed by atoms with Crippen LogP contribution in [0.2, 0.25) is 0 Å². The minimum Gasteiger partial charge on any atom is -0.478 e. The van der Waals surface area contributed by atoms with Gasteiger partial charge in [0.15, 0.2) is 5.82 Å². The monoisotopic (exact) mass is 341 g/mol. The molecule has 2 aromatic rings. The Bertz CT molecular complexity index is 615. The summed E-state index contributed by atoms with van der Waals surface area (Å²) in [5.41, 5.74) is 6.30. The van der Waals surface area contributed by atoms with Gasteiger partial charge in [-0.15, -0.1) is 11.3 Å². The second kappa shape index (κ2) is 5.58. The number of aromatic nitrogens is 1. The number of carboxylic acid groups (broad SMARTS) is 1. The van der Waals surface area contributed by atoms with Gasteiger partial charge in [0.1, 0.15) is 0 Å². The number of hydrogen-bond acceptors (Lipinski definition) is 5. The van der Waals surface area contributed by atoms with E-state index in [1.54, 1.807) is 11.3 Å². The molecule has 19 heavy (non-hydrogen) atoms. The predicted molar refractivity (Wildman–Crippen MR) is 79.7 cm³/mol. The van der Waals surface area contributed by atoms with Crippen LogP contribution in [0.15, 0.2) is 28.2 Å². The smallest absolute Gasteiger partial charge is 0.337 e. The second-order valence-corrected chi connectivity index (χ2v) is 5.94. The predicted octanol–water partition coefficient (Wildman–Crippen LogP) is 2.82. The lowest BCUT2D eigenvalue weighted by atomic mass is 10.2. The molecule has 7 heteroatoms. The van der Waals surface area contributed by atoms with Crippen LogP contribution in [0.1, 0.15) is 15.2 Å². The van der Waals surface area contributed by atoms with Gasteiger partial charge < -0.3 is 15.7 Å². The van der Waals surface area contributed by atoms with Gasteiger partial charge >= 0.3 is 5.97 Å². The third kappa shape index (κ3) is 3.24. The van der Waals surface area contributed by atoms with E-state index < -0.39 is 5.97 Å². The highest BCUT2D eigenvalue weighted by Crippen LogP contribution is 2.25. The van der Waals surface area contributed by atoms with Gasteiger partial charge in [-0.1, -0.05) is 0 Å². The van der Waals surface area contributed by atoms with Crippen LogP contribution in [0.25, 0.3) is 0 Å². The molecular weight excluding hydrogens is 330 g/mol. The molecule has 0 radical (unpaired) electrons. The summed E-state index contributed by atoms with van der Waals surface area (Å²) in [5, 5.41) is 10.9. The van der Waals surface area contributed by atoms with E-state index in [-0.39, 0.29) is 5.56 Å². The quantitative estimate of drug-likeness (QED) is 0.893. The lowest BCUT2D eigenvalue weighted by Crippen LogP contribution is -2.19. The minimum atomic E-state index is -1.03. The minimum absolute atomic E-state index is 0.0912. The first-order valence-corrected chi connectivity index (χ1v) is 7.07. The first-order chi connectivity index (χ1) is 8.97. The summed E-state index contributed by atoms with van der Waals surface area (Å²) in [7, 11) is 1.87. The van der Waals surface area contributed by atoms with E-state index in [0.717, 1.165) is 9.35 Å². The first-order valence-electron chi connectivity index (χ1n) is 5.40. The zero-order valence-corrected chi connectivity index (χ0v) is 12.5. The summed E-state index contributed by atoms with van der Waals surface area (Å²) in [6.07, 6.45) is 1.31. The maximum absolute atomic E-state index is 10.8. The van der Waals surface area contributed by atoms with Crippen molar-refractivity contribution in [1.29, 1.82) is 0 Å². The van der Waals surface area contributed by atoms with E-state index in [9.17, 15) is 4.79 Å². The fourth-order valence-electron chi connectivity index (χ4n) is 1.66. The number of nitrogens with zero attached hydrogens (tertiary/aromatic N) is 2. The number of aromatic carboxylic acids is 1. The largest absolute Gasteiger partial charge is 0.478 e. The average molecular weight is 342 g/mol. The van der Waals surface area contributed by atoms with Crippen LogP contribution in [-0.2, 0) is 6.54 Å². The summed E-state index contributed by atoms with van der Waals surface area (Å²) in [6.45, 7) is 0.667. The zero-order valence-electron chi connectivity index (χ0n) is 10.1. The molecule has 0 spiro atoms. The molecule has 0 saturated carbocycles. The number of anilines is 2. The lowest BCUT2D eigenvalue weighted by Gasteiger charge is -2.19. The first kappa shape index (κ1) is 13.8. The Morgan fingerprint density at radius 2 is 2.32 bits per heavy atom. The SMILES string of the molecule is CN(Cc1cc(Br)cs1)c1ncc(C(=O)O)cc1N. The Morgan fingerprint density at radius 3 is 2.84 bits per heavy atom. The molecule has 0 aromatic carbocycles. The van der Waals surface area contributed by atoms with Crippen molar-refractivity contribution in [1.82, 2.24) is 4.98 Å². The van der Waals surface area contributed by atoms with Crippen LogP contribution in [0.5, 0.6) is 0 Å². The van der Waals surface area contributed by atoms with Crippen LogP contribution >= 0.6 is 27.3 Å². The average Bonchev–Trinajstić information content (AvgIpc) is 2.74. The topological polar surface area (TPSA) is 79.5 Å². The van der Waals surface area contributed by atoms with Crippen molar-refractivity contribution in [3.8, 4) is 0 Å². The molecule has 2 rings (SSSR count). The van der Waals surface area contributed by atoms with Crippen molar-refractivity contribution in [2.75, 3.05) is 17.7 Å². The van der Waals surface area contributed by atoms with Gasteiger partial charge in [0.25, 0.3) is 0 Å². The number of nitrogens with two attached hydrogens (primary N) is 1.